The number of para-hydroxylation sites is 1. The first kappa shape index (κ1) is 26.8. The maximum absolute atomic E-state index is 13.8. The van der Waals surface area contributed by atoms with Gasteiger partial charge in [-0.25, -0.2) is 4.98 Å². The van der Waals surface area contributed by atoms with Gasteiger partial charge in [-0.1, -0.05) is 18.2 Å². The van der Waals surface area contributed by atoms with E-state index < -0.39 is 11.9 Å². The molecule has 0 unspecified atom stereocenters. The van der Waals surface area contributed by atoms with Crippen LogP contribution in [0.25, 0.3) is 11.4 Å². The van der Waals surface area contributed by atoms with Gasteiger partial charge in [0.25, 0.3) is 0 Å². The van der Waals surface area contributed by atoms with Crippen LogP contribution >= 0.6 is 0 Å². The van der Waals surface area contributed by atoms with E-state index in [0.29, 0.717) is 41.9 Å². The highest BCUT2D eigenvalue weighted by atomic mass is 19.4. The number of rotatable bonds is 11. The van der Waals surface area contributed by atoms with Crippen molar-refractivity contribution in [1.29, 1.82) is 5.26 Å². The fourth-order valence-electron chi connectivity index (χ4n) is 3.70. The molecule has 3 aromatic rings. The quantitative estimate of drug-likeness (QED) is 0.296. The van der Waals surface area contributed by atoms with Gasteiger partial charge in [0.15, 0.2) is 0 Å². The molecule has 0 saturated heterocycles. The normalized spacial score (nSPS) is 12.1. The SMILES string of the molecule is CCOC(=O)C[C@H](N)CCCOc1ccccc1Cn1c(C(F)(F)F)cnc1-c1ccc(C#N)cc1. The van der Waals surface area contributed by atoms with E-state index in [1.54, 1.807) is 43.3 Å². The van der Waals surface area contributed by atoms with E-state index in [-0.39, 0.29) is 37.4 Å². The molecule has 0 aliphatic heterocycles. The highest BCUT2D eigenvalue weighted by Crippen LogP contribution is 2.34. The van der Waals surface area contributed by atoms with Crippen LogP contribution in [0.5, 0.6) is 5.75 Å². The van der Waals surface area contributed by atoms with Crippen LogP contribution in [0.1, 0.15) is 43.0 Å². The zero-order valence-corrected chi connectivity index (χ0v) is 19.8. The third kappa shape index (κ3) is 7.09. The van der Waals surface area contributed by atoms with Gasteiger partial charge in [-0.3, -0.25) is 4.79 Å². The summed E-state index contributed by atoms with van der Waals surface area (Å²) >= 11 is 0. The molecule has 7 nitrogen and oxygen atoms in total. The van der Waals surface area contributed by atoms with Crippen molar-refractivity contribution in [3.8, 4) is 23.2 Å². The Labute approximate surface area is 207 Å². The lowest BCUT2D eigenvalue weighted by Gasteiger charge is -2.17. The first-order valence-corrected chi connectivity index (χ1v) is 11.5. The third-order valence-electron chi connectivity index (χ3n) is 5.43. The summed E-state index contributed by atoms with van der Waals surface area (Å²) < 4.78 is 53.2. The molecule has 0 amide bonds. The third-order valence-corrected chi connectivity index (χ3v) is 5.43. The van der Waals surface area contributed by atoms with Gasteiger partial charge in [0.2, 0.25) is 0 Å². The Morgan fingerprint density at radius 3 is 2.58 bits per heavy atom. The molecule has 2 N–H and O–H groups in total. The number of nitrogens with zero attached hydrogens (tertiary/aromatic N) is 3. The molecule has 0 fully saturated rings. The average Bonchev–Trinajstić information content (AvgIpc) is 3.27. The fourth-order valence-corrected chi connectivity index (χ4v) is 3.70. The van der Waals surface area contributed by atoms with Crippen molar-refractivity contribution in [3.05, 3.63) is 71.5 Å². The van der Waals surface area contributed by atoms with Crippen molar-refractivity contribution < 1.29 is 27.4 Å². The van der Waals surface area contributed by atoms with Crippen LogP contribution in [0.4, 0.5) is 13.2 Å². The van der Waals surface area contributed by atoms with E-state index in [2.05, 4.69) is 4.98 Å². The maximum Gasteiger partial charge on any atom is 0.433 e. The predicted molar refractivity (Wildman–Crippen MR) is 127 cm³/mol. The first-order valence-electron chi connectivity index (χ1n) is 11.5. The maximum atomic E-state index is 13.8. The van der Waals surface area contributed by atoms with Crippen LogP contribution in [0.3, 0.4) is 0 Å². The second-order valence-corrected chi connectivity index (χ2v) is 8.11. The second kappa shape index (κ2) is 12.2. The molecule has 190 valence electrons. The first-order chi connectivity index (χ1) is 17.2. The lowest BCUT2D eigenvalue weighted by atomic mass is 10.1. The monoisotopic (exact) mass is 500 g/mol. The Kier molecular flexibility index (Phi) is 9.08. The molecule has 0 spiro atoms. The summed E-state index contributed by atoms with van der Waals surface area (Å²) in [6.45, 7) is 2.18. The number of esters is 1. The zero-order valence-electron chi connectivity index (χ0n) is 19.8. The summed E-state index contributed by atoms with van der Waals surface area (Å²) in [6, 6.07) is 14.7. The summed E-state index contributed by atoms with van der Waals surface area (Å²) in [5.41, 5.74) is 6.48. The summed E-state index contributed by atoms with van der Waals surface area (Å²) in [5.74, 6) is 0.228. The van der Waals surface area contributed by atoms with Gasteiger partial charge in [-0.15, -0.1) is 0 Å². The minimum Gasteiger partial charge on any atom is -0.493 e. The minimum absolute atomic E-state index is 0.114. The summed E-state index contributed by atoms with van der Waals surface area (Å²) in [6.07, 6.45) is -2.60. The number of carbonyl (C=O) groups is 1. The lowest BCUT2D eigenvalue weighted by molar-refractivity contribution is -0.144. The number of carbonyl (C=O) groups excluding carboxylic acids is 1. The number of halogens is 3. The van der Waals surface area contributed by atoms with Crippen LogP contribution in [-0.4, -0.2) is 34.8 Å². The van der Waals surface area contributed by atoms with Crippen LogP contribution < -0.4 is 10.5 Å². The molecule has 0 aliphatic carbocycles. The molecular formula is C26H27F3N4O3. The number of alkyl halides is 3. The highest BCUT2D eigenvalue weighted by molar-refractivity contribution is 5.70. The van der Waals surface area contributed by atoms with E-state index in [1.807, 2.05) is 6.07 Å². The minimum atomic E-state index is -4.61. The molecular weight excluding hydrogens is 473 g/mol. The molecule has 0 bridgehead atoms. The van der Waals surface area contributed by atoms with Crippen molar-refractivity contribution in [3.63, 3.8) is 0 Å². The molecule has 2 aromatic carbocycles. The van der Waals surface area contributed by atoms with Crippen molar-refractivity contribution >= 4 is 5.97 Å². The second-order valence-electron chi connectivity index (χ2n) is 8.11. The van der Waals surface area contributed by atoms with Crippen molar-refractivity contribution in [1.82, 2.24) is 9.55 Å². The van der Waals surface area contributed by atoms with Gasteiger partial charge >= 0.3 is 12.1 Å². The fraction of sp³-hybridized carbons (Fsp3) is 0.346. The topological polar surface area (TPSA) is 103 Å². The lowest BCUT2D eigenvalue weighted by Crippen LogP contribution is -2.25. The summed E-state index contributed by atoms with van der Waals surface area (Å²) in [5, 5.41) is 9.01. The van der Waals surface area contributed by atoms with Crippen LogP contribution in [0, 0.1) is 11.3 Å². The molecule has 10 heteroatoms. The molecule has 0 radical (unpaired) electrons. The highest BCUT2D eigenvalue weighted by Gasteiger charge is 2.36. The zero-order chi connectivity index (χ0) is 26.1. The Morgan fingerprint density at radius 1 is 1.19 bits per heavy atom. The van der Waals surface area contributed by atoms with Crippen LogP contribution in [-0.2, 0) is 22.3 Å². The number of ether oxygens (including phenoxy) is 2. The Bertz CT molecular complexity index is 1200. The molecule has 3 rings (SSSR count). The number of nitrogens with two attached hydrogens (primary N) is 1. The van der Waals surface area contributed by atoms with Crippen LogP contribution in [0.15, 0.2) is 54.7 Å². The van der Waals surface area contributed by atoms with Crippen molar-refractivity contribution in [2.45, 2.75) is 44.9 Å². The summed E-state index contributed by atoms with van der Waals surface area (Å²) in [7, 11) is 0. The number of nitriles is 1. The van der Waals surface area contributed by atoms with E-state index in [0.717, 1.165) is 10.8 Å². The number of aromatic nitrogens is 2. The number of hydrogen-bond acceptors (Lipinski definition) is 6. The van der Waals surface area contributed by atoms with E-state index in [4.69, 9.17) is 20.5 Å². The van der Waals surface area contributed by atoms with E-state index in [9.17, 15) is 18.0 Å². The Balaban J connectivity index is 1.76. The number of benzene rings is 2. The summed E-state index contributed by atoms with van der Waals surface area (Å²) in [4.78, 5) is 15.6. The number of hydrogen-bond donors (Lipinski definition) is 1. The van der Waals surface area contributed by atoms with E-state index >= 15 is 0 Å². The Hall–Kier alpha value is -3.84. The largest absolute Gasteiger partial charge is 0.493 e. The Morgan fingerprint density at radius 2 is 1.92 bits per heavy atom. The molecule has 1 atom stereocenters. The molecule has 0 saturated carbocycles. The van der Waals surface area contributed by atoms with Gasteiger partial charge in [-0.2, -0.15) is 18.4 Å². The van der Waals surface area contributed by atoms with Crippen molar-refractivity contribution in [2.75, 3.05) is 13.2 Å². The van der Waals surface area contributed by atoms with Crippen LogP contribution in [0.2, 0.25) is 0 Å². The standard InChI is InChI=1S/C26H27F3N4O3/c1-2-35-24(34)14-21(31)7-5-13-36-22-8-4-3-6-20(22)17-33-23(26(27,28)29)16-32-25(33)19-11-9-18(15-30)10-12-19/h3-4,6,8-12,16,21H,2,5,7,13-14,17,31H2,1H3/t21-/m1/s1. The van der Waals surface area contributed by atoms with E-state index in [1.165, 1.54) is 12.1 Å². The number of imidazole rings is 1. The average molecular weight is 501 g/mol. The molecule has 36 heavy (non-hydrogen) atoms. The van der Waals surface area contributed by atoms with Gasteiger partial charge in [0.05, 0.1) is 44.0 Å². The smallest absolute Gasteiger partial charge is 0.433 e. The van der Waals surface area contributed by atoms with Crippen molar-refractivity contribution in [2.24, 2.45) is 5.73 Å². The van der Waals surface area contributed by atoms with Gasteiger partial charge in [-0.05, 0) is 50.1 Å². The molecule has 1 heterocycles. The molecule has 0 aliphatic rings. The molecule has 1 aromatic heterocycles. The van der Waals surface area contributed by atoms with Gasteiger partial charge < -0.3 is 19.8 Å². The van der Waals surface area contributed by atoms with Gasteiger partial charge in [0.1, 0.15) is 17.3 Å². The van der Waals surface area contributed by atoms with Gasteiger partial charge in [0, 0.05) is 17.2 Å². The predicted octanol–water partition coefficient (Wildman–Crippen LogP) is 4.93.